The third-order valence-electron chi connectivity index (χ3n) is 14.2. The van der Waals surface area contributed by atoms with Crippen LogP contribution in [-0.4, -0.2) is 75.5 Å². The molecular weight excluding hydrogens is 861 g/mol. The number of rotatable bonds is 12. The van der Waals surface area contributed by atoms with E-state index in [2.05, 4.69) is 20.6 Å². The van der Waals surface area contributed by atoms with Crippen LogP contribution >= 0.6 is 0 Å². The Kier molecular flexibility index (Phi) is 11.4. The summed E-state index contributed by atoms with van der Waals surface area (Å²) < 4.78 is 7.10. The third kappa shape index (κ3) is 8.13. The van der Waals surface area contributed by atoms with Gasteiger partial charge in [0, 0.05) is 69.1 Å². The van der Waals surface area contributed by atoms with Crippen molar-refractivity contribution in [2.24, 2.45) is 5.92 Å². The summed E-state index contributed by atoms with van der Waals surface area (Å²) in [6.07, 6.45) is 3.61. The predicted molar refractivity (Wildman–Crippen MR) is 261 cm³/mol. The van der Waals surface area contributed by atoms with Gasteiger partial charge in [-0.2, -0.15) is 0 Å². The van der Waals surface area contributed by atoms with Crippen molar-refractivity contribution < 1.29 is 33.8 Å². The van der Waals surface area contributed by atoms with Crippen LogP contribution in [0.5, 0.6) is 0 Å². The average Bonchev–Trinajstić information content (AvgIpc) is 4.05. The number of fused-ring (bicyclic) bond motifs is 5. The summed E-state index contributed by atoms with van der Waals surface area (Å²) in [6.45, 7) is 5.86. The Morgan fingerprint density at radius 2 is 1.37 bits per heavy atom. The van der Waals surface area contributed by atoms with E-state index >= 15 is 4.79 Å². The lowest BCUT2D eigenvalue weighted by Gasteiger charge is -2.37. The van der Waals surface area contributed by atoms with Gasteiger partial charge in [-0.15, -0.1) is 0 Å². The van der Waals surface area contributed by atoms with E-state index in [0.29, 0.717) is 35.6 Å². The SMILES string of the molecule is C[C@H]1[C@H]([Si](C)(C)O)[C@@H](CC(=O)N2Cc3ccccc3C[C@H]2CO)O[C@]12C(=O)N(Cc1ccc(NC(=O)Cc3c[nH]c4ccccc34)cc1)c1ccc(NC(=O)Cc3c[nH]c4ccccc34)cc12. The maximum atomic E-state index is 15.4. The first-order valence-corrected chi connectivity index (χ1v) is 26.0. The lowest BCUT2D eigenvalue weighted by Crippen LogP contribution is -2.48. The van der Waals surface area contributed by atoms with E-state index in [1.54, 1.807) is 21.9 Å². The lowest BCUT2D eigenvalue weighted by atomic mass is 9.82. The van der Waals surface area contributed by atoms with Crippen molar-refractivity contribution >= 4 is 70.8 Å². The molecule has 1 spiro atoms. The summed E-state index contributed by atoms with van der Waals surface area (Å²) >= 11 is 0. The highest BCUT2D eigenvalue weighted by molar-refractivity contribution is 6.71. The molecule has 0 radical (unpaired) electrons. The van der Waals surface area contributed by atoms with Crippen LogP contribution in [-0.2, 0) is 61.9 Å². The summed E-state index contributed by atoms with van der Waals surface area (Å²) in [4.78, 5) is 78.6. The van der Waals surface area contributed by atoms with Crippen LogP contribution in [0.1, 0.15) is 46.7 Å². The summed E-state index contributed by atoms with van der Waals surface area (Å²) in [5, 5.41) is 18.5. The molecule has 1 saturated heterocycles. The first-order chi connectivity index (χ1) is 32.3. The molecule has 1 fully saturated rings. The highest BCUT2D eigenvalue weighted by Gasteiger charge is 2.66. The van der Waals surface area contributed by atoms with Crippen LogP contribution in [0.2, 0.25) is 18.6 Å². The van der Waals surface area contributed by atoms with Gasteiger partial charge >= 0.3 is 0 Å². The Hall–Kier alpha value is -6.84. The predicted octanol–water partition coefficient (Wildman–Crippen LogP) is 7.69. The standard InChI is InChI=1S/C53H54N6O7Si/c1-32-51(67(2,3)65)47(26-50(63)58-30-35-11-5-4-10-34(35)22-40(58)31-60)66-53(32)43-25-39(57-49(62)24-37-28-55-45-15-9-7-13-42(37)45)20-21-46(43)59(52(53)64)29-33-16-18-38(19-17-33)56-48(61)23-36-27-54-44-14-8-6-12-41(36)44/h4-21,25,27-28,32,40,47,51,54-55,60,65H,22-24,26,29-31H2,1-3H3,(H,56,61)(H,57,62)/t32-,40-,47+,51-,53+/m0/s1. The molecular formula is C53H54N6O7Si. The zero-order chi connectivity index (χ0) is 46.6. The minimum atomic E-state index is -3.17. The molecule has 67 heavy (non-hydrogen) atoms. The summed E-state index contributed by atoms with van der Waals surface area (Å²) in [6, 6.07) is 35.9. The molecule has 13 nitrogen and oxygen atoms in total. The van der Waals surface area contributed by atoms with Crippen molar-refractivity contribution in [3.8, 4) is 0 Å². The molecule has 0 saturated carbocycles. The monoisotopic (exact) mass is 914 g/mol. The maximum absolute atomic E-state index is 15.4. The number of nitrogens with zero attached hydrogens (tertiary/aromatic N) is 2. The van der Waals surface area contributed by atoms with Crippen molar-refractivity contribution in [1.82, 2.24) is 14.9 Å². The van der Waals surface area contributed by atoms with Gasteiger partial charge in [0.2, 0.25) is 17.7 Å². The third-order valence-corrected chi connectivity index (χ3v) is 16.7. The van der Waals surface area contributed by atoms with Crippen LogP contribution in [0.4, 0.5) is 17.1 Å². The van der Waals surface area contributed by atoms with Crippen LogP contribution in [0.25, 0.3) is 21.8 Å². The van der Waals surface area contributed by atoms with Gasteiger partial charge in [0.25, 0.3) is 5.91 Å². The summed E-state index contributed by atoms with van der Waals surface area (Å²) in [5.41, 5.74) is 6.67. The molecule has 5 aromatic carbocycles. The van der Waals surface area contributed by atoms with Crippen LogP contribution in [0.3, 0.4) is 0 Å². The van der Waals surface area contributed by atoms with Crippen LogP contribution in [0, 0.1) is 5.92 Å². The minimum absolute atomic E-state index is 0.0937. The van der Waals surface area contributed by atoms with Gasteiger partial charge in [0.15, 0.2) is 13.9 Å². The summed E-state index contributed by atoms with van der Waals surface area (Å²) in [5.74, 6) is -1.52. The van der Waals surface area contributed by atoms with E-state index in [1.165, 1.54) is 0 Å². The number of aliphatic hydroxyl groups excluding tert-OH is 1. The normalized spacial score (nSPS) is 21.2. The fraction of sp³-hybridized carbons (Fsp3) is 0.283. The number of anilines is 3. The zero-order valence-electron chi connectivity index (χ0n) is 37.7. The molecule has 5 atom stereocenters. The van der Waals surface area contributed by atoms with E-state index in [0.717, 1.165) is 49.6 Å². The molecule has 0 aliphatic carbocycles. The number of aromatic amines is 2. The number of benzene rings is 5. The second kappa shape index (κ2) is 17.4. The van der Waals surface area contributed by atoms with E-state index in [9.17, 15) is 24.3 Å². The molecule has 4 amide bonds. The molecule has 0 unspecified atom stereocenters. The van der Waals surface area contributed by atoms with E-state index in [-0.39, 0.29) is 56.0 Å². The van der Waals surface area contributed by atoms with Gasteiger partial charge in [-0.3, -0.25) is 19.2 Å². The number of hydrogen-bond acceptors (Lipinski definition) is 7. The Morgan fingerprint density at radius 1 is 0.791 bits per heavy atom. The number of hydrogen-bond donors (Lipinski definition) is 6. The lowest BCUT2D eigenvalue weighted by molar-refractivity contribution is -0.151. The van der Waals surface area contributed by atoms with E-state index < -0.39 is 37.5 Å². The van der Waals surface area contributed by atoms with Gasteiger partial charge in [-0.25, -0.2) is 0 Å². The van der Waals surface area contributed by atoms with Crippen molar-refractivity contribution in [3.63, 3.8) is 0 Å². The number of aliphatic hydroxyl groups is 1. The van der Waals surface area contributed by atoms with Crippen molar-refractivity contribution in [2.75, 3.05) is 22.1 Å². The topological polar surface area (TPSA) is 180 Å². The van der Waals surface area contributed by atoms with Gasteiger partial charge in [-0.1, -0.05) is 79.7 Å². The van der Waals surface area contributed by atoms with Crippen molar-refractivity contribution in [2.45, 2.75) is 82.1 Å². The van der Waals surface area contributed by atoms with Gasteiger partial charge in [-0.05, 0) is 89.8 Å². The fourth-order valence-corrected chi connectivity index (χ4v) is 13.6. The van der Waals surface area contributed by atoms with Crippen LogP contribution < -0.4 is 15.5 Å². The molecule has 3 aliphatic rings. The smallest absolute Gasteiger partial charge is 0.264 e. The average molecular weight is 915 g/mol. The number of nitrogens with one attached hydrogen (secondary N) is 4. The highest BCUT2D eigenvalue weighted by atomic mass is 28.4. The van der Waals surface area contributed by atoms with Crippen molar-refractivity contribution in [1.29, 1.82) is 0 Å². The number of H-pyrrole nitrogens is 2. The maximum Gasteiger partial charge on any atom is 0.264 e. The first kappa shape index (κ1) is 44.0. The number of carbonyl (C=O) groups excluding carboxylic acids is 4. The Balaban J connectivity index is 0.943. The van der Waals surface area contributed by atoms with E-state index in [4.69, 9.17) is 4.74 Å². The quantitative estimate of drug-likeness (QED) is 0.0680. The number of carbonyl (C=O) groups is 4. The van der Waals surface area contributed by atoms with Crippen LogP contribution in [0.15, 0.2) is 128 Å². The first-order valence-electron chi connectivity index (χ1n) is 22.9. The zero-order valence-corrected chi connectivity index (χ0v) is 38.7. The Labute approximate surface area is 389 Å². The second-order valence-corrected chi connectivity index (χ2v) is 22.9. The van der Waals surface area contributed by atoms with E-state index in [1.807, 2.05) is 136 Å². The molecule has 7 aromatic rings. The molecule has 3 aliphatic heterocycles. The number of amides is 4. The molecule has 0 bridgehead atoms. The number of aromatic nitrogens is 2. The molecule has 6 N–H and O–H groups in total. The number of para-hydroxylation sites is 2. The highest BCUT2D eigenvalue weighted by Crippen LogP contribution is 2.60. The number of ether oxygens (including phenoxy) is 1. The largest absolute Gasteiger partial charge is 0.432 e. The van der Waals surface area contributed by atoms with Gasteiger partial charge < -0.3 is 45.0 Å². The molecule has 5 heterocycles. The fourth-order valence-electron chi connectivity index (χ4n) is 11.0. The Bertz CT molecular complexity index is 3050. The van der Waals surface area contributed by atoms with Gasteiger partial charge in [0.05, 0.1) is 50.2 Å². The molecule has 10 rings (SSSR count). The van der Waals surface area contributed by atoms with Crippen molar-refractivity contribution in [3.05, 3.63) is 161 Å². The molecule has 2 aromatic heterocycles. The second-order valence-electron chi connectivity index (χ2n) is 18.9. The Morgan fingerprint density at radius 3 is 2.00 bits per heavy atom. The van der Waals surface area contributed by atoms with Gasteiger partial charge in [0.1, 0.15) is 0 Å². The summed E-state index contributed by atoms with van der Waals surface area (Å²) in [7, 11) is -3.17. The molecule has 14 heteroatoms. The minimum Gasteiger partial charge on any atom is -0.432 e. The molecule has 342 valence electrons.